The summed E-state index contributed by atoms with van der Waals surface area (Å²) in [6, 6.07) is 9.19. The van der Waals surface area contributed by atoms with Gasteiger partial charge in [0.05, 0.1) is 0 Å². The first kappa shape index (κ1) is 18.2. The summed E-state index contributed by atoms with van der Waals surface area (Å²) < 4.78 is 0. The highest BCUT2D eigenvalue weighted by molar-refractivity contribution is 5.24. The van der Waals surface area contributed by atoms with Gasteiger partial charge in [-0.1, -0.05) is 65.8 Å². The highest BCUT2D eigenvalue weighted by Crippen LogP contribution is 2.27. The van der Waals surface area contributed by atoms with Crippen molar-refractivity contribution in [3.8, 4) is 0 Å². The topological polar surface area (TPSA) is 12.0 Å². The Bertz CT molecular complexity index is 387. The third-order valence-electron chi connectivity index (χ3n) is 4.27. The fourth-order valence-electron chi connectivity index (χ4n) is 2.49. The van der Waals surface area contributed by atoms with Crippen LogP contribution in [0.3, 0.4) is 0 Å². The maximum atomic E-state index is 3.56. The van der Waals surface area contributed by atoms with E-state index in [1.165, 1.54) is 30.4 Å². The van der Waals surface area contributed by atoms with E-state index in [0.29, 0.717) is 11.3 Å². The predicted molar refractivity (Wildman–Crippen MR) is 95.0 cm³/mol. The van der Waals surface area contributed by atoms with Crippen LogP contribution in [0.15, 0.2) is 24.3 Å². The van der Waals surface area contributed by atoms with Gasteiger partial charge in [-0.3, -0.25) is 0 Å². The molecule has 21 heavy (non-hydrogen) atoms. The Morgan fingerprint density at radius 3 is 2.10 bits per heavy atom. The van der Waals surface area contributed by atoms with E-state index in [-0.39, 0.29) is 0 Å². The molecule has 0 aromatic heterocycles. The van der Waals surface area contributed by atoms with E-state index >= 15 is 0 Å². The summed E-state index contributed by atoms with van der Waals surface area (Å²) in [6.45, 7) is 16.1. The molecule has 120 valence electrons. The van der Waals surface area contributed by atoms with Gasteiger partial charge in [0.15, 0.2) is 0 Å². The van der Waals surface area contributed by atoms with E-state index in [4.69, 9.17) is 0 Å². The summed E-state index contributed by atoms with van der Waals surface area (Å²) in [4.78, 5) is 0. The average molecular weight is 290 g/mol. The lowest BCUT2D eigenvalue weighted by Gasteiger charge is -2.25. The molecule has 0 aliphatic rings. The summed E-state index contributed by atoms with van der Waals surface area (Å²) >= 11 is 0. The first-order chi connectivity index (χ1) is 9.80. The number of benzene rings is 1. The van der Waals surface area contributed by atoms with Crippen molar-refractivity contribution >= 4 is 0 Å². The van der Waals surface area contributed by atoms with Gasteiger partial charge >= 0.3 is 0 Å². The average Bonchev–Trinajstić information content (AvgIpc) is 2.42. The van der Waals surface area contributed by atoms with Crippen molar-refractivity contribution in [2.45, 2.75) is 66.7 Å². The van der Waals surface area contributed by atoms with Gasteiger partial charge in [-0.05, 0) is 60.7 Å². The van der Waals surface area contributed by atoms with Crippen LogP contribution in [0.1, 0.15) is 71.4 Å². The molecule has 0 aliphatic carbocycles. The smallest absolute Gasteiger partial charge is 0.00258 e. The normalized spacial score (nSPS) is 12.4. The molecule has 1 nitrogen and oxygen atoms in total. The second-order valence-corrected chi connectivity index (χ2v) is 7.91. The van der Waals surface area contributed by atoms with Crippen LogP contribution in [-0.4, -0.2) is 13.1 Å². The van der Waals surface area contributed by atoms with Crippen LogP contribution in [0.25, 0.3) is 0 Å². The summed E-state index contributed by atoms with van der Waals surface area (Å²) in [7, 11) is 0. The van der Waals surface area contributed by atoms with Crippen LogP contribution in [0.2, 0.25) is 0 Å². The van der Waals surface area contributed by atoms with E-state index in [2.05, 4.69) is 71.1 Å². The number of hydrogen-bond donors (Lipinski definition) is 1. The molecule has 0 saturated heterocycles. The van der Waals surface area contributed by atoms with Crippen molar-refractivity contribution in [1.82, 2.24) is 5.32 Å². The van der Waals surface area contributed by atoms with Gasteiger partial charge in [0.25, 0.3) is 0 Å². The molecule has 1 heteroatoms. The van der Waals surface area contributed by atoms with Crippen LogP contribution in [0, 0.1) is 11.3 Å². The molecule has 0 radical (unpaired) electrons. The third kappa shape index (κ3) is 7.66. The molecule has 0 amide bonds. The number of rotatable bonds is 9. The van der Waals surface area contributed by atoms with Gasteiger partial charge < -0.3 is 5.32 Å². The standard InChI is InChI=1S/C20H35N/c1-16(2)15-21-14-13-20(5,6)12-11-18-7-9-19(10-8-18)17(3)4/h7-10,16-17,21H,11-15H2,1-6H3. The molecular formula is C20H35N. The first-order valence-electron chi connectivity index (χ1n) is 8.60. The lowest BCUT2D eigenvalue weighted by Crippen LogP contribution is -2.25. The first-order valence-corrected chi connectivity index (χ1v) is 8.60. The van der Waals surface area contributed by atoms with E-state index in [9.17, 15) is 0 Å². The van der Waals surface area contributed by atoms with Crippen LogP contribution < -0.4 is 5.32 Å². The van der Waals surface area contributed by atoms with E-state index in [0.717, 1.165) is 19.0 Å². The Kier molecular flexibility index (Phi) is 7.45. The van der Waals surface area contributed by atoms with Crippen molar-refractivity contribution < 1.29 is 0 Å². The highest BCUT2D eigenvalue weighted by atomic mass is 14.8. The largest absolute Gasteiger partial charge is 0.316 e. The second-order valence-electron chi connectivity index (χ2n) is 7.91. The molecule has 0 aliphatic heterocycles. The van der Waals surface area contributed by atoms with Crippen LogP contribution in [0.5, 0.6) is 0 Å². The van der Waals surface area contributed by atoms with E-state index in [1.807, 2.05) is 0 Å². The maximum absolute atomic E-state index is 3.56. The van der Waals surface area contributed by atoms with Crippen LogP contribution in [-0.2, 0) is 6.42 Å². The monoisotopic (exact) mass is 289 g/mol. The van der Waals surface area contributed by atoms with Crippen LogP contribution >= 0.6 is 0 Å². The van der Waals surface area contributed by atoms with Crippen molar-refractivity contribution in [1.29, 1.82) is 0 Å². The molecule has 1 aromatic rings. The SMILES string of the molecule is CC(C)CNCCC(C)(C)CCc1ccc(C(C)C)cc1. The molecule has 0 heterocycles. The Hall–Kier alpha value is -0.820. The van der Waals surface area contributed by atoms with E-state index < -0.39 is 0 Å². The molecule has 0 unspecified atom stereocenters. The minimum absolute atomic E-state index is 0.417. The Morgan fingerprint density at radius 1 is 0.952 bits per heavy atom. The van der Waals surface area contributed by atoms with Gasteiger partial charge in [-0.25, -0.2) is 0 Å². The zero-order valence-electron chi connectivity index (χ0n) is 15.0. The molecular weight excluding hydrogens is 254 g/mol. The molecule has 0 fully saturated rings. The molecule has 0 saturated carbocycles. The lowest BCUT2D eigenvalue weighted by atomic mass is 9.83. The fourth-order valence-corrected chi connectivity index (χ4v) is 2.49. The van der Waals surface area contributed by atoms with Crippen molar-refractivity contribution in [2.24, 2.45) is 11.3 Å². The summed E-state index contributed by atoms with van der Waals surface area (Å²) in [6.07, 6.45) is 3.71. The van der Waals surface area contributed by atoms with Crippen molar-refractivity contribution in [3.63, 3.8) is 0 Å². The Balaban J connectivity index is 2.34. The van der Waals surface area contributed by atoms with Gasteiger partial charge in [-0.2, -0.15) is 0 Å². The highest BCUT2D eigenvalue weighted by Gasteiger charge is 2.17. The molecule has 1 N–H and O–H groups in total. The minimum Gasteiger partial charge on any atom is -0.316 e. The molecule has 1 aromatic carbocycles. The number of aryl methyl sites for hydroxylation is 1. The molecule has 0 atom stereocenters. The predicted octanol–water partition coefficient (Wildman–Crippen LogP) is 5.40. The van der Waals surface area contributed by atoms with Gasteiger partial charge in [0.2, 0.25) is 0 Å². The molecule has 0 bridgehead atoms. The van der Waals surface area contributed by atoms with Crippen molar-refractivity contribution in [2.75, 3.05) is 13.1 Å². The van der Waals surface area contributed by atoms with Gasteiger partial charge in [0.1, 0.15) is 0 Å². The van der Waals surface area contributed by atoms with Gasteiger partial charge in [-0.15, -0.1) is 0 Å². The van der Waals surface area contributed by atoms with Gasteiger partial charge in [0, 0.05) is 0 Å². The van der Waals surface area contributed by atoms with Crippen molar-refractivity contribution in [3.05, 3.63) is 35.4 Å². The summed E-state index contributed by atoms with van der Waals surface area (Å²) in [5, 5.41) is 3.56. The second kappa shape index (κ2) is 8.58. The zero-order valence-corrected chi connectivity index (χ0v) is 15.0. The Morgan fingerprint density at radius 2 is 1.57 bits per heavy atom. The fraction of sp³-hybridized carbons (Fsp3) is 0.700. The third-order valence-corrected chi connectivity index (χ3v) is 4.27. The quantitative estimate of drug-likeness (QED) is 0.600. The summed E-state index contributed by atoms with van der Waals surface area (Å²) in [5.41, 5.74) is 3.33. The minimum atomic E-state index is 0.417. The summed E-state index contributed by atoms with van der Waals surface area (Å²) in [5.74, 6) is 1.37. The lowest BCUT2D eigenvalue weighted by molar-refractivity contribution is 0.300. The maximum Gasteiger partial charge on any atom is -0.00258 e. The Labute approximate surface area is 132 Å². The molecule has 0 spiro atoms. The van der Waals surface area contributed by atoms with E-state index in [1.54, 1.807) is 0 Å². The zero-order chi connectivity index (χ0) is 15.9. The molecule has 1 rings (SSSR count). The number of hydrogen-bond acceptors (Lipinski definition) is 1. The van der Waals surface area contributed by atoms with Crippen LogP contribution in [0.4, 0.5) is 0 Å². The number of nitrogens with one attached hydrogen (secondary N) is 1.